The summed E-state index contributed by atoms with van der Waals surface area (Å²) in [6.07, 6.45) is 4.27. The fraction of sp³-hybridized carbons (Fsp3) is 0.500. The van der Waals surface area contributed by atoms with Crippen LogP contribution in [0.1, 0.15) is 12.8 Å². The van der Waals surface area contributed by atoms with Gasteiger partial charge in [-0.1, -0.05) is 29.8 Å². The summed E-state index contributed by atoms with van der Waals surface area (Å²) in [5.41, 5.74) is 1.47. The van der Waals surface area contributed by atoms with Crippen molar-refractivity contribution in [3.63, 3.8) is 0 Å². The number of halogens is 1. The number of likely N-dealkylation sites (N-methyl/N-ethyl adjacent to an activating group) is 1. The number of rotatable bonds is 7. The van der Waals surface area contributed by atoms with Gasteiger partial charge in [-0.25, -0.2) is 0 Å². The van der Waals surface area contributed by atoms with Gasteiger partial charge in [0.15, 0.2) is 5.96 Å². The highest BCUT2D eigenvalue weighted by Crippen LogP contribution is 2.11. The van der Waals surface area contributed by atoms with Gasteiger partial charge in [-0.05, 0) is 25.0 Å². The third kappa shape index (κ3) is 7.53. The van der Waals surface area contributed by atoms with E-state index in [1.165, 1.54) is 5.57 Å². The molecule has 1 N–H and O–H groups in total. The van der Waals surface area contributed by atoms with Gasteiger partial charge in [0.1, 0.15) is 12.4 Å². The van der Waals surface area contributed by atoms with Gasteiger partial charge in [0, 0.05) is 20.6 Å². The first kappa shape index (κ1) is 20.8. The van der Waals surface area contributed by atoms with Crippen molar-refractivity contribution in [3.05, 3.63) is 42.0 Å². The monoisotopic (exact) mass is 445 g/mol. The molecule has 6 heteroatoms. The quantitative estimate of drug-likeness (QED) is 0.304. The zero-order valence-electron chi connectivity index (χ0n) is 14.5. The van der Waals surface area contributed by atoms with Crippen molar-refractivity contribution in [2.75, 3.05) is 47.0 Å². The Morgan fingerprint density at radius 1 is 1.33 bits per heavy atom. The first-order valence-electron chi connectivity index (χ1n) is 8.15. The number of hydrogen-bond donors (Lipinski definition) is 1. The van der Waals surface area contributed by atoms with Crippen LogP contribution >= 0.6 is 24.0 Å². The van der Waals surface area contributed by atoms with Crippen LogP contribution in [0.15, 0.2) is 47.0 Å². The molecule has 0 radical (unpaired) electrons. The van der Waals surface area contributed by atoms with E-state index in [-0.39, 0.29) is 24.0 Å². The Morgan fingerprint density at radius 3 is 2.79 bits per heavy atom. The van der Waals surface area contributed by atoms with Crippen LogP contribution in [0.2, 0.25) is 0 Å². The Bertz CT molecular complexity index is 520. The van der Waals surface area contributed by atoms with E-state index in [4.69, 9.17) is 9.47 Å². The number of hydrogen-bond acceptors (Lipinski definition) is 3. The number of nitrogens with zero attached hydrogens (tertiary/aromatic N) is 2. The first-order valence-corrected chi connectivity index (χ1v) is 8.15. The minimum Gasteiger partial charge on any atom is -0.492 e. The second-order valence-electron chi connectivity index (χ2n) is 5.49. The SMILES string of the molecule is CN=C(NCCC1=CCOCC1)N(C)CCOc1ccccc1.I. The molecule has 1 aliphatic heterocycles. The molecular weight excluding hydrogens is 417 g/mol. The zero-order chi connectivity index (χ0) is 16.3. The second-order valence-corrected chi connectivity index (χ2v) is 5.49. The number of aliphatic imine (C=N–C) groups is 1. The van der Waals surface area contributed by atoms with E-state index in [1.54, 1.807) is 0 Å². The zero-order valence-corrected chi connectivity index (χ0v) is 16.9. The topological polar surface area (TPSA) is 46.1 Å². The molecule has 2 rings (SSSR count). The van der Waals surface area contributed by atoms with Crippen molar-refractivity contribution in [2.24, 2.45) is 4.99 Å². The largest absolute Gasteiger partial charge is 0.492 e. The third-order valence-corrected chi connectivity index (χ3v) is 3.80. The number of para-hydroxylation sites is 1. The summed E-state index contributed by atoms with van der Waals surface area (Å²) in [7, 11) is 3.84. The van der Waals surface area contributed by atoms with Crippen molar-refractivity contribution >= 4 is 29.9 Å². The molecule has 0 saturated heterocycles. The van der Waals surface area contributed by atoms with Crippen LogP contribution < -0.4 is 10.1 Å². The highest BCUT2D eigenvalue weighted by atomic mass is 127. The summed E-state index contributed by atoms with van der Waals surface area (Å²) >= 11 is 0. The Kier molecular flexibility index (Phi) is 10.5. The molecule has 1 heterocycles. The van der Waals surface area contributed by atoms with Crippen LogP contribution in [0.25, 0.3) is 0 Å². The minimum atomic E-state index is 0. The molecule has 134 valence electrons. The van der Waals surface area contributed by atoms with Gasteiger partial charge in [-0.3, -0.25) is 4.99 Å². The van der Waals surface area contributed by atoms with Crippen molar-refractivity contribution in [1.82, 2.24) is 10.2 Å². The lowest BCUT2D eigenvalue weighted by molar-refractivity contribution is 0.153. The van der Waals surface area contributed by atoms with Crippen molar-refractivity contribution in [2.45, 2.75) is 12.8 Å². The number of nitrogens with one attached hydrogen (secondary N) is 1. The molecule has 0 aliphatic carbocycles. The Labute approximate surface area is 162 Å². The van der Waals surface area contributed by atoms with Crippen LogP contribution in [0.3, 0.4) is 0 Å². The molecule has 24 heavy (non-hydrogen) atoms. The Morgan fingerprint density at radius 2 is 2.12 bits per heavy atom. The van der Waals surface area contributed by atoms with Crippen LogP contribution in [0.5, 0.6) is 5.75 Å². The summed E-state index contributed by atoms with van der Waals surface area (Å²) in [5.74, 6) is 1.80. The predicted octanol–water partition coefficient (Wildman–Crippen LogP) is 2.93. The lowest BCUT2D eigenvalue weighted by atomic mass is 10.1. The van der Waals surface area contributed by atoms with E-state index in [9.17, 15) is 0 Å². The molecule has 1 aromatic rings. The molecule has 1 aromatic carbocycles. The van der Waals surface area contributed by atoms with Crippen LogP contribution in [-0.4, -0.2) is 57.9 Å². The average Bonchev–Trinajstić information content (AvgIpc) is 2.60. The Hall–Kier alpha value is -1.28. The van der Waals surface area contributed by atoms with Gasteiger partial charge in [0.25, 0.3) is 0 Å². The molecular formula is C18H28IN3O2. The standard InChI is InChI=1S/C18H27N3O2.HI/c1-19-18(20-11-8-16-9-13-22-14-10-16)21(2)12-15-23-17-6-4-3-5-7-17;/h3-7,9H,8,10-15H2,1-2H3,(H,19,20);1H. The summed E-state index contributed by atoms with van der Waals surface area (Å²) in [4.78, 5) is 6.41. The molecule has 0 atom stereocenters. The highest BCUT2D eigenvalue weighted by Gasteiger charge is 2.07. The highest BCUT2D eigenvalue weighted by molar-refractivity contribution is 14.0. The maximum Gasteiger partial charge on any atom is 0.193 e. The molecule has 0 unspecified atom stereocenters. The van der Waals surface area contributed by atoms with Crippen LogP contribution in [0, 0.1) is 0 Å². The molecule has 0 fully saturated rings. The van der Waals surface area contributed by atoms with Gasteiger partial charge in [0.2, 0.25) is 0 Å². The fourth-order valence-electron chi connectivity index (χ4n) is 2.44. The van der Waals surface area contributed by atoms with E-state index in [1.807, 2.05) is 44.4 Å². The van der Waals surface area contributed by atoms with E-state index < -0.39 is 0 Å². The van der Waals surface area contributed by atoms with E-state index in [0.29, 0.717) is 6.61 Å². The van der Waals surface area contributed by atoms with E-state index >= 15 is 0 Å². The first-order chi connectivity index (χ1) is 11.3. The number of ether oxygens (including phenoxy) is 2. The Balaban J connectivity index is 0.00000288. The van der Waals surface area contributed by atoms with Crippen molar-refractivity contribution in [1.29, 1.82) is 0 Å². The van der Waals surface area contributed by atoms with Crippen LogP contribution in [0.4, 0.5) is 0 Å². The molecule has 0 spiro atoms. The molecule has 5 nitrogen and oxygen atoms in total. The number of benzene rings is 1. The smallest absolute Gasteiger partial charge is 0.193 e. The molecule has 0 aromatic heterocycles. The normalized spacial score (nSPS) is 14.4. The molecule has 1 aliphatic rings. The van der Waals surface area contributed by atoms with Gasteiger partial charge in [0.05, 0.1) is 19.8 Å². The second kappa shape index (κ2) is 12.1. The summed E-state index contributed by atoms with van der Waals surface area (Å²) in [6.45, 7) is 3.90. The minimum absolute atomic E-state index is 0. The summed E-state index contributed by atoms with van der Waals surface area (Å²) < 4.78 is 11.0. The van der Waals surface area contributed by atoms with Gasteiger partial charge >= 0.3 is 0 Å². The lowest BCUT2D eigenvalue weighted by Crippen LogP contribution is -2.41. The number of guanidine groups is 1. The summed E-state index contributed by atoms with van der Waals surface area (Å²) in [6, 6.07) is 9.87. The molecule has 0 amide bonds. The lowest BCUT2D eigenvalue weighted by Gasteiger charge is -2.22. The average molecular weight is 445 g/mol. The summed E-state index contributed by atoms with van der Waals surface area (Å²) in [5, 5.41) is 3.40. The van der Waals surface area contributed by atoms with Gasteiger partial charge in [-0.2, -0.15) is 0 Å². The maximum atomic E-state index is 5.72. The van der Waals surface area contributed by atoms with E-state index in [2.05, 4.69) is 21.3 Å². The maximum absolute atomic E-state index is 5.72. The predicted molar refractivity (Wildman–Crippen MR) is 109 cm³/mol. The van der Waals surface area contributed by atoms with Crippen molar-refractivity contribution in [3.8, 4) is 5.75 Å². The van der Waals surface area contributed by atoms with Crippen molar-refractivity contribution < 1.29 is 9.47 Å². The molecule has 0 saturated carbocycles. The fourth-order valence-corrected chi connectivity index (χ4v) is 2.44. The molecule has 0 bridgehead atoms. The van der Waals surface area contributed by atoms with Crippen LogP contribution in [-0.2, 0) is 4.74 Å². The van der Waals surface area contributed by atoms with Gasteiger partial charge in [-0.15, -0.1) is 24.0 Å². The van der Waals surface area contributed by atoms with E-state index in [0.717, 1.165) is 50.9 Å². The third-order valence-electron chi connectivity index (χ3n) is 3.80. The van der Waals surface area contributed by atoms with Gasteiger partial charge < -0.3 is 19.7 Å².